The minimum Gasteiger partial charge on any atom is -0.493 e. The molecular formula is C13H15NO4. The number of hydrogen-bond acceptors (Lipinski definition) is 5. The first-order chi connectivity index (χ1) is 8.74. The minimum absolute atomic E-state index is 0.109. The highest BCUT2D eigenvalue weighted by atomic mass is 16.5. The SMILES string of the molecule is COc1cccc(CO)c1OCc1cc(C)no1. The van der Waals surface area contributed by atoms with Gasteiger partial charge in [0.1, 0.15) is 6.61 Å². The van der Waals surface area contributed by atoms with Crippen molar-refractivity contribution in [1.82, 2.24) is 5.16 Å². The summed E-state index contributed by atoms with van der Waals surface area (Å²) < 4.78 is 15.9. The van der Waals surface area contributed by atoms with E-state index in [9.17, 15) is 5.11 Å². The molecule has 2 rings (SSSR count). The number of methoxy groups -OCH3 is 1. The molecular weight excluding hydrogens is 234 g/mol. The summed E-state index contributed by atoms with van der Waals surface area (Å²) in [4.78, 5) is 0. The molecule has 18 heavy (non-hydrogen) atoms. The van der Waals surface area contributed by atoms with E-state index in [1.54, 1.807) is 31.4 Å². The van der Waals surface area contributed by atoms with Gasteiger partial charge in [0.2, 0.25) is 0 Å². The van der Waals surface area contributed by atoms with Crippen LogP contribution in [0.3, 0.4) is 0 Å². The normalized spacial score (nSPS) is 10.4. The molecule has 2 aromatic rings. The Bertz CT molecular complexity index is 499. The van der Waals surface area contributed by atoms with E-state index in [1.807, 2.05) is 6.92 Å². The lowest BCUT2D eigenvalue weighted by atomic mass is 10.2. The Kier molecular flexibility index (Phi) is 3.84. The predicted molar refractivity (Wildman–Crippen MR) is 64.5 cm³/mol. The molecule has 1 N–H and O–H groups in total. The van der Waals surface area contributed by atoms with Crippen molar-refractivity contribution >= 4 is 0 Å². The van der Waals surface area contributed by atoms with E-state index in [1.165, 1.54) is 0 Å². The third-order valence-electron chi connectivity index (χ3n) is 2.49. The largest absolute Gasteiger partial charge is 0.493 e. The quantitative estimate of drug-likeness (QED) is 0.878. The number of para-hydroxylation sites is 1. The fourth-order valence-electron chi connectivity index (χ4n) is 1.64. The number of aliphatic hydroxyl groups excluding tert-OH is 1. The van der Waals surface area contributed by atoms with Gasteiger partial charge in [0.05, 0.1) is 19.4 Å². The van der Waals surface area contributed by atoms with Crippen LogP contribution in [0.4, 0.5) is 0 Å². The van der Waals surface area contributed by atoms with E-state index >= 15 is 0 Å². The van der Waals surface area contributed by atoms with E-state index in [4.69, 9.17) is 14.0 Å². The second kappa shape index (κ2) is 5.55. The van der Waals surface area contributed by atoms with Gasteiger partial charge in [-0.1, -0.05) is 17.3 Å². The second-order valence-corrected chi connectivity index (χ2v) is 3.83. The summed E-state index contributed by atoms with van der Waals surface area (Å²) in [6.45, 7) is 1.98. The van der Waals surface area contributed by atoms with Crippen LogP contribution in [0.15, 0.2) is 28.8 Å². The van der Waals surface area contributed by atoms with Crippen LogP contribution in [0, 0.1) is 6.92 Å². The third kappa shape index (κ3) is 2.62. The molecule has 1 aromatic heterocycles. The molecule has 0 saturated carbocycles. The fraction of sp³-hybridized carbons (Fsp3) is 0.308. The van der Waals surface area contributed by atoms with Crippen molar-refractivity contribution in [3.63, 3.8) is 0 Å². The van der Waals surface area contributed by atoms with Gasteiger partial charge in [-0.05, 0) is 13.0 Å². The molecule has 0 aliphatic carbocycles. The highest BCUT2D eigenvalue weighted by Crippen LogP contribution is 2.31. The van der Waals surface area contributed by atoms with E-state index in [0.717, 1.165) is 5.69 Å². The molecule has 96 valence electrons. The summed E-state index contributed by atoms with van der Waals surface area (Å²) in [5, 5.41) is 13.0. The predicted octanol–water partition coefficient (Wildman–Crippen LogP) is 2.06. The van der Waals surface area contributed by atoms with Crippen LogP contribution in [0.5, 0.6) is 11.5 Å². The maximum atomic E-state index is 9.27. The van der Waals surface area contributed by atoms with Crippen molar-refractivity contribution in [3.05, 3.63) is 41.3 Å². The van der Waals surface area contributed by atoms with Gasteiger partial charge in [-0.3, -0.25) is 0 Å². The molecule has 0 bridgehead atoms. The van der Waals surface area contributed by atoms with Gasteiger partial charge in [0.15, 0.2) is 17.3 Å². The first kappa shape index (κ1) is 12.4. The Labute approximate surface area is 105 Å². The van der Waals surface area contributed by atoms with Gasteiger partial charge in [-0.25, -0.2) is 0 Å². The van der Waals surface area contributed by atoms with Crippen LogP contribution in [-0.2, 0) is 13.2 Å². The van der Waals surface area contributed by atoms with Crippen molar-refractivity contribution in [1.29, 1.82) is 0 Å². The number of aliphatic hydroxyl groups is 1. The fourth-order valence-corrected chi connectivity index (χ4v) is 1.64. The first-order valence-electron chi connectivity index (χ1n) is 5.56. The zero-order valence-electron chi connectivity index (χ0n) is 10.3. The molecule has 0 spiro atoms. The number of hydrogen-bond donors (Lipinski definition) is 1. The van der Waals surface area contributed by atoms with Gasteiger partial charge in [0.25, 0.3) is 0 Å². The van der Waals surface area contributed by atoms with Crippen molar-refractivity contribution in [2.75, 3.05) is 7.11 Å². The lowest BCUT2D eigenvalue weighted by molar-refractivity contribution is 0.224. The number of aromatic nitrogens is 1. The van der Waals surface area contributed by atoms with Crippen molar-refractivity contribution in [2.45, 2.75) is 20.1 Å². The summed E-state index contributed by atoms with van der Waals surface area (Å²) in [5.74, 6) is 1.73. The van der Waals surface area contributed by atoms with Crippen molar-refractivity contribution in [2.24, 2.45) is 0 Å². The third-order valence-corrected chi connectivity index (χ3v) is 2.49. The summed E-state index contributed by atoms with van der Waals surface area (Å²) in [6, 6.07) is 7.16. The molecule has 0 aliphatic heterocycles. The average Bonchev–Trinajstić information content (AvgIpc) is 2.81. The van der Waals surface area contributed by atoms with Crippen molar-refractivity contribution in [3.8, 4) is 11.5 Å². The summed E-state index contributed by atoms with van der Waals surface area (Å²) in [5.41, 5.74) is 1.47. The minimum atomic E-state index is -0.109. The molecule has 0 unspecified atom stereocenters. The van der Waals surface area contributed by atoms with Crippen molar-refractivity contribution < 1.29 is 19.1 Å². The smallest absolute Gasteiger partial charge is 0.174 e. The Hall–Kier alpha value is -2.01. The Balaban J connectivity index is 2.17. The highest BCUT2D eigenvalue weighted by Gasteiger charge is 2.11. The Morgan fingerprint density at radius 3 is 2.83 bits per heavy atom. The molecule has 5 heteroatoms. The van der Waals surface area contributed by atoms with E-state index < -0.39 is 0 Å². The summed E-state index contributed by atoms with van der Waals surface area (Å²) in [6.07, 6.45) is 0. The van der Waals surface area contributed by atoms with Gasteiger partial charge >= 0.3 is 0 Å². The van der Waals surface area contributed by atoms with Gasteiger partial charge in [-0.15, -0.1) is 0 Å². The number of ether oxygens (including phenoxy) is 2. The molecule has 1 heterocycles. The molecule has 5 nitrogen and oxygen atoms in total. The highest BCUT2D eigenvalue weighted by molar-refractivity contribution is 5.46. The van der Waals surface area contributed by atoms with Gasteiger partial charge in [-0.2, -0.15) is 0 Å². The van der Waals surface area contributed by atoms with Crippen LogP contribution in [0.1, 0.15) is 17.0 Å². The zero-order valence-corrected chi connectivity index (χ0v) is 10.3. The van der Waals surface area contributed by atoms with Crippen LogP contribution in [0.25, 0.3) is 0 Å². The molecule has 0 radical (unpaired) electrons. The number of rotatable bonds is 5. The molecule has 0 atom stereocenters. The average molecular weight is 249 g/mol. The second-order valence-electron chi connectivity index (χ2n) is 3.83. The van der Waals surface area contributed by atoms with Crippen LogP contribution < -0.4 is 9.47 Å². The maximum Gasteiger partial charge on any atom is 0.174 e. The molecule has 0 amide bonds. The number of benzene rings is 1. The molecule has 0 fully saturated rings. The van der Waals surface area contributed by atoms with Crippen LogP contribution in [0.2, 0.25) is 0 Å². The van der Waals surface area contributed by atoms with E-state index in [0.29, 0.717) is 22.8 Å². The summed E-state index contributed by atoms with van der Waals surface area (Å²) >= 11 is 0. The molecule has 0 saturated heterocycles. The number of nitrogens with zero attached hydrogens (tertiary/aromatic N) is 1. The van der Waals surface area contributed by atoms with Crippen LogP contribution >= 0.6 is 0 Å². The molecule has 0 aliphatic rings. The Morgan fingerprint density at radius 1 is 1.39 bits per heavy atom. The monoisotopic (exact) mass is 249 g/mol. The standard InChI is InChI=1S/C13H15NO4/c1-9-6-11(18-14-9)8-17-13-10(7-15)4-3-5-12(13)16-2/h3-6,15H,7-8H2,1-2H3. The van der Waals surface area contributed by atoms with E-state index in [2.05, 4.69) is 5.16 Å². The zero-order chi connectivity index (χ0) is 13.0. The van der Waals surface area contributed by atoms with Gasteiger partial charge < -0.3 is 19.1 Å². The van der Waals surface area contributed by atoms with E-state index in [-0.39, 0.29) is 13.2 Å². The number of aryl methyl sites for hydroxylation is 1. The lowest BCUT2D eigenvalue weighted by Gasteiger charge is -2.12. The van der Waals surface area contributed by atoms with Crippen LogP contribution in [-0.4, -0.2) is 17.4 Å². The van der Waals surface area contributed by atoms with Gasteiger partial charge in [0, 0.05) is 11.6 Å². The molecule has 1 aromatic carbocycles. The first-order valence-corrected chi connectivity index (χ1v) is 5.56. The summed E-state index contributed by atoms with van der Waals surface area (Å²) in [7, 11) is 1.56. The Morgan fingerprint density at radius 2 is 2.22 bits per heavy atom. The lowest BCUT2D eigenvalue weighted by Crippen LogP contribution is -2.00. The maximum absolute atomic E-state index is 9.27. The topological polar surface area (TPSA) is 64.7 Å².